The van der Waals surface area contributed by atoms with Crippen molar-refractivity contribution >= 4 is 17.4 Å². The molecule has 0 bridgehead atoms. The molecule has 0 N–H and O–H groups in total. The molecule has 1 aliphatic rings. The van der Waals surface area contributed by atoms with E-state index in [-0.39, 0.29) is 11.7 Å². The summed E-state index contributed by atoms with van der Waals surface area (Å²) < 4.78 is 0. The molecule has 0 aromatic heterocycles. The van der Waals surface area contributed by atoms with Crippen molar-refractivity contribution in [1.82, 2.24) is 0 Å². The number of nitriles is 1. The average molecular weight is 270 g/mol. The summed E-state index contributed by atoms with van der Waals surface area (Å²) in [5, 5.41) is 8.85. The van der Waals surface area contributed by atoms with Crippen molar-refractivity contribution in [3.05, 3.63) is 29.8 Å². The van der Waals surface area contributed by atoms with Crippen LogP contribution in [0.25, 0.3) is 0 Å². The number of amides is 1. The molecule has 1 heterocycles. The number of carbonyl (C=O) groups excluding carboxylic acids is 2. The lowest BCUT2D eigenvalue weighted by molar-refractivity contribution is -0.135. The number of para-hydroxylation sites is 1. The second-order valence-electron chi connectivity index (χ2n) is 5.22. The third kappa shape index (κ3) is 2.57. The van der Waals surface area contributed by atoms with E-state index in [0.717, 1.165) is 17.7 Å². The standard InChI is InChI=1S/C16H18N2O2/c1-11-6-3-4-8-14(11)18-9-5-7-13(16(18)20)15(19)12(2)10-17/h3-4,6,8,12-13H,5,7,9H2,1-2H3/t12-,13+/m0/s1. The van der Waals surface area contributed by atoms with E-state index in [2.05, 4.69) is 0 Å². The van der Waals surface area contributed by atoms with E-state index < -0.39 is 11.8 Å². The van der Waals surface area contributed by atoms with Crippen LogP contribution in [0.5, 0.6) is 0 Å². The Hall–Kier alpha value is -2.15. The summed E-state index contributed by atoms with van der Waals surface area (Å²) in [5.41, 5.74) is 1.88. The van der Waals surface area contributed by atoms with Gasteiger partial charge in [0, 0.05) is 12.2 Å². The van der Waals surface area contributed by atoms with Crippen molar-refractivity contribution in [2.45, 2.75) is 26.7 Å². The van der Waals surface area contributed by atoms with Crippen molar-refractivity contribution in [2.75, 3.05) is 11.4 Å². The molecular weight excluding hydrogens is 252 g/mol. The Kier molecular flexibility index (Phi) is 4.19. The number of rotatable bonds is 3. The molecule has 20 heavy (non-hydrogen) atoms. The number of carbonyl (C=O) groups is 2. The highest BCUT2D eigenvalue weighted by molar-refractivity contribution is 6.10. The zero-order valence-corrected chi connectivity index (χ0v) is 11.8. The number of ketones is 1. The van der Waals surface area contributed by atoms with Crippen LogP contribution < -0.4 is 4.90 Å². The maximum absolute atomic E-state index is 12.5. The number of hydrogen-bond acceptors (Lipinski definition) is 3. The monoisotopic (exact) mass is 270 g/mol. The van der Waals surface area contributed by atoms with Crippen LogP contribution in [0.1, 0.15) is 25.3 Å². The predicted octanol–water partition coefficient (Wildman–Crippen LogP) is 2.47. The maximum atomic E-state index is 12.5. The van der Waals surface area contributed by atoms with Crippen molar-refractivity contribution in [3.8, 4) is 6.07 Å². The fraction of sp³-hybridized carbons (Fsp3) is 0.438. The van der Waals surface area contributed by atoms with Crippen LogP contribution in [0.2, 0.25) is 0 Å². The van der Waals surface area contributed by atoms with Gasteiger partial charge in [-0.3, -0.25) is 9.59 Å². The van der Waals surface area contributed by atoms with Crippen molar-refractivity contribution in [1.29, 1.82) is 5.26 Å². The normalized spacial score (nSPS) is 20.4. The lowest BCUT2D eigenvalue weighted by atomic mass is 9.87. The molecule has 0 unspecified atom stereocenters. The summed E-state index contributed by atoms with van der Waals surface area (Å²) in [7, 11) is 0. The van der Waals surface area contributed by atoms with Gasteiger partial charge in [-0.05, 0) is 38.3 Å². The summed E-state index contributed by atoms with van der Waals surface area (Å²) in [4.78, 5) is 26.4. The van der Waals surface area contributed by atoms with Gasteiger partial charge in [0.1, 0.15) is 5.92 Å². The van der Waals surface area contributed by atoms with Gasteiger partial charge < -0.3 is 4.90 Å². The lowest BCUT2D eigenvalue weighted by Crippen LogP contribution is -2.45. The molecule has 1 aromatic carbocycles. The van der Waals surface area contributed by atoms with Crippen molar-refractivity contribution in [3.63, 3.8) is 0 Å². The van der Waals surface area contributed by atoms with Gasteiger partial charge in [0.25, 0.3) is 0 Å². The molecule has 0 saturated carbocycles. The zero-order chi connectivity index (χ0) is 14.7. The van der Waals surface area contributed by atoms with Gasteiger partial charge in [-0.1, -0.05) is 18.2 Å². The number of Topliss-reactive ketones (excluding diaryl/α,β-unsaturated/α-hetero) is 1. The number of nitrogens with zero attached hydrogens (tertiary/aromatic N) is 2. The van der Waals surface area contributed by atoms with E-state index in [1.165, 1.54) is 0 Å². The Labute approximate surface area is 119 Å². The summed E-state index contributed by atoms with van der Waals surface area (Å²) in [6.45, 7) is 4.14. The molecule has 0 aliphatic carbocycles. The maximum Gasteiger partial charge on any atom is 0.237 e. The van der Waals surface area contributed by atoms with Crippen molar-refractivity contribution in [2.24, 2.45) is 11.8 Å². The van der Waals surface area contributed by atoms with Crippen LogP contribution in [-0.4, -0.2) is 18.2 Å². The number of hydrogen-bond donors (Lipinski definition) is 0. The van der Waals surface area contributed by atoms with Crippen LogP contribution >= 0.6 is 0 Å². The molecule has 4 heteroatoms. The molecule has 2 rings (SSSR count). The fourth-order valence-electron chi connectivity index (χ4n) is 2.61. The molecule has 0 spiro atoms. The third-order valence-electron chi connectivity index (χ3n) is 3.81. The zero-order valence-electron chi connectivity index (χ0n) is 11.8. The van der Waals surface area contributed by atoms with Gasteiger partial charge in [-0.2, -0.15) is 5.26 Å². The predicted molar refractivity (Wildman–Crippen MR) is 76.0 cm³/mol. The van der Waals surface area contributed by atoms with E-state index in [1.54, 1.807) is 11.8 Å². The van der Waals surface area contributed by atoms with E-state index in [1.807, 2.05) is 37.3 Å². The topological polar surface area (TPSA) is 61.2 Å². The molecule has 1 fully saturated rings. The van der Waals surface area contributed by atoms with Crippen LogP contribution in [0.4, 0.5) is 5.69 Å². The van der Waals surface area contributed by atoms with Crippen LogP contribution in [0.15, 0.2) is 24.3 Å². The Morgan fingerprint density at radius 1 is 1.45 bits per heavy atom. The second kappa shape index (κ2) is 5.87. The second-order valence-corrected chi connectivity index (χ2v) is 5.22. The van der Waals surface area contributed by atoms with Gasteiger partial charge in [-0.25, -0.2) is 0 Å². The number of aryl methyl sites for hydroxylation is 1. The van der Waals surface area contributed by atoms with Crippen LogP contribution in [0.3, 0.4) is 0 Å². The summed E-state index contributed by atoms with van der Waals surface area (Å²) >= 11 is 0. The molecule has 1 aromatic rings. The van der Waals surface area contributed by atoms with Gasteiger partial charge in [0.2, 0.25) is 5.91 Å². The van der Waals surface area contributed by atoms with Gasteiger partial charge >= 0.3 is 0 Å². The summed E-state index contributed by atoms with van der Waals surface area (Å²) in [6.07, 6.45) is 1.33. The SMILES string of the molecule is Cc1ccccc1N1CCC[C@H](C(=O)[C@@H](C)C#N)C1=O. The molecule has 2 atom stereocenters. The summed E-state index contributed by atoms with van der Waals surface area (Å²) in [6, 6.07) is 9.59. The molecule has 0 radical (unpaired) electrons. The smallest absolute Gasteiger partial charge is 0.237 e. The average Bonchev–Trinajstić information content (AvgIpc) is 2.47. The quantitative estimate of drug-likeness (QED) is 0.793. The fourth-order valence-corrected chi connectivity index (χ4v) is 2.61. The van der Waals surface area contributed by atoms with Gasteiger partial charge in [-0.15, -0.1) is 0 Å². The highest BCUT2D eigenvalue weighted by Crippen LogP contribution is 2.28. The lowest BCUT2D eigenvalue weighted by Gasteiger charge is -2.32. The third-order valence-corrected chi connectivity index (χ3v) is 3.81. The molecule has 1 saturated heterocycles. The van der Waals surface area contributed by atoms with Gasteiger partial charge in [0.05, 0.1) is 12.0 Å². The Morgan fingerprint density at radius 3 is 2.80 bits per heavy atom. The molecular formula is C16H18N2O2. The highest BCUT2D eigenvalue weighted by atomic mass is 16.2. The number of anilines is 1. The van der Waals surface area contributed by atoms with Gasteiger partial charge in [0.15, 0.2) is 5.78 Å². The first-order chi connectivity index (χ1) is 9.56. The number of piperidine rings is 1. The largest absolute Gasteiger partial charge is 0.312 e. The van der Waals surface area contributed by atoms with E-state index in [0.29, 0.717) is 13.0 Å². The minimum Gasteiger partial charge on any atom is -0.312 e. The first-order valence-electron chi connectivity index (χ1n) is 6.86. The molecule has 104 valence electrons. The molecule has 1 amide bonds. The Bertz CT molecular complexity index is 574. The van der Waals surface area contributed by atoms with Crippen LogP contribution in [0, 0.1) is 30.1 Å². The van der Waals surface area contributed by atoms with Crippen LogP contribution in [-0.2, 0) is 9.59 Å². The minimum absolute atomic E-state index is 0.169. The number of benzene rings is 1. The van der Waals surface area contributed by atoms with E-state index in [4.69, 9.17) is 5.26 Å². The Morgan fingerprint density at radius 2 is 2.15 bits per heavy atom. The first kappa shape index (κ1) is 14.3. The van der Waals surface area contributed by atoms with E-state index >= 15 is 0 Å². The minimum atomic E-state index is -0.722. The van der Waals surface area contributed by atoms with E-state index in [9.17, 15) is 9.59 Å². The van der Waals surface area contributed by atoms with Crippen molar-refractivity contribution < 1.29 is 9.59 Å². The molecule has 1 aliphatic heterocycles. The Balaban J connectivity index is 2.26. The first-order valence-corrected chi connectivity index (χ1v) is 6.86. The molecule has 4 nitrogen and oxygen atoms in total. The summed E-state index contributed by atoms with van der Waals surface area (Å²) in [5.74, 6) is -1.81. The highest BCUT2D eigenvalue weighted by Gasteiger charge is 2.36.